The summed E-state index contributed by atoms with van der Waals surface area (Å²) in [4.78, 5) is 49.2. The lowest BCUT2D eigenvalue weighted by Gasteiger charge is -2.42. The Morgan fingerprint density at radius 2 is 1.73 bits per heavy atom. The molecule has 40 heavy (non-hydrogen) atoms. The minimum atomic E-state index is -0.782. The van der Waals surface area contributed by atoms with Gasteiger partial charge in [-0.3, -0.25) is 15.4 Å². The van der Waals surface area contributed by atoms with Gasteiger partial charge in [0.1, 0.15) is 12.1 Å². The Kier molecular flexibility index (Phi) is 8.45. The number of nitrogens with zero attached hydrogens (tertiary/aromatic N) is 4. The van der Waals surface area contributed by atoms with Crippen molar-refractivity contribution in [2.24, 2.45) is 0 Å². The molecule has 1 aromatic heterocycles. The van der Waals surface area contributed by atoms with Crippen molar-refractivity contribution in [3.8, 4) is 11.6 Å². The van der Waals surface area contributed by atoms with Gasteiger partial charge in [0.15, 0.2) is 11.6 Å². The van der Waals surface area contributed by atoms with E-state index in [1.807, 2.05) is 6.07 Å². The van der Waals surface area contributed by atoms with Crippen molar-refractivity contribution >= 4 is 29.5 Å². The maximum Gasteiger partial charge on any atom is 0.325 e. The molecule has 11 nitrogen and oxygen atoms in total. The van der Waals surface area contributed by atoms with Crippen LogP contribution >= 0.6 is 0 Å². The standard InChI is InChI=1S/C28H30FN7O4/c29-22-16-20(32-27(38)34-25(37)15-19-5-2-1-3-6-19)7-8-23(22)40-26-17-24(30-18-31-26)33-28(39)36-13-9-21(10-14-36)35-11-4-12-35/h1-3,5-8,16-18,21H,4,9-15H2,(H,30,31,33,39)(H2,32,34,37,38). The number of rotatable bonds is 7. The number of hydrogen-bond acceptors (Lipinski definition) is 7. The van der Waals surface area contributed by atoms with Crippen LogP contribution in [0.2, 0.25) is 0 Å². The predicted molar refractivity (Wildman–Crippen MR) is 146 cm³/mol. The van der Waals surface area contributed by atoms with Crippen LogP contribution in [0.1, 0.15) is 24.8 Å². The average Bonchev–Trinajstić information content (AvgIpc) is 2.90. The normalized spacial score (nSPS) is 15.6. The zero-order valence-corrected chi connectivity index (χ0v) is 21.8. The highest BCUT2D eigenvalue weighted by Gasteiger charge is 2.29. The lowest BCUT2D eigenvalue weighted by molar-refractivity contribution is -0.119. The molecule has 0 radical (unpaired) electrons. The van der Waals surface area contributed by atoms with Crippen LogP contribution in [0.5, 0.6) is 11.6 Å². The van der Waals surface area contributed by atoms with Crippen molar-refractivity contribution < 1.29 is 23.5 Å². The van der Waals surface area contributed by atoms with Gasteiger partial charge >= 0.3 is 12.1 Å². The molecule has 2 saturated heterocycles. The molecule has 5 amide bonds. The Morgan fingerprint density at radius 1 is 0.950 bits per heavy atom. The molecule has 3 N–H and O–H groups in total. The molecule has 0 spiro atoms. The fourth-order valence-corrected chi connectivity index (χ4v) is 4.68. The van der Waals surface area contributed by atoms with Gasteiger partial charge in [0.25, 0.3) is 0 Å². The van der Waals surface area contributed by atoms with E-state index in [1.54, 1.807) is 29.2 Å². The van der Waals surface area contributed by atoms with Crippen molar-refractivity contribution in [2.45, 2.75) is 31.7 Å². The van der Waals surface area contributed by atoms with E-state index < -0.39 is 17.8 Å². The Labute approximate surface area is 230 Å². The summed E-state index contributed by atoms with van der Waals surface area (Å²) in [5, 5.41) is 7.38. The van der Waals surface area contributed by atoms with Crippen LogP contribution in [-0.2, 0) is 11.2 Å². The first kappa shape index (κ1) is 27.0. The summed E-state index contributed by atoms with van der Waals surface area (Å²) in [7, 11) is 0. The SMILES string of the molecule is O=C(Cc1ccccc1)NC(=O)Nc1ccc(Oc2cc(NC(=O)N3CCC(N4CCC4)CC3)ncn2)c(F)c1. The van der Waals surface area contributed by atoms with Crippen LogP contribution in [0.4, 0.5) is 25.5 Å². The van der Waals surface area contributed by atoms with Crippen LogP contribution < -0.4 is 20.7 Å². The molecule has 0 unspecified atom stereocenters. The number of carbonyl (C=O) groups is 3. The predicted octanol–water partition coefficient (Wildman–Crippen LogP) is 4.00. The average molecular weight is 548 g/mol. The van der Waals surface area contributed by atoms with Crippen LogP contribution in [0, 0.1) is 5.82 Å². The largest absolute Gasteiger partial charge is 0.436 e. The molecule has 2 aliphatic heterocycles. The second-order valence-corrected chi connectivity index (χ2v) is 9.69. The third kappa shape index (κ3) is 7.08. The third-order valence-electron chi connectivity index (χ3n) is 6.90. The zero-order chi connectivity index (χ0) is 27.9. The Hall–Kier alpha value is -4.58. The zero-order valence-electron chi connectivity index (χ0n) is 21.8. The van der Waals surface area contributed by atoms with Gasteiger partial charge < -0.3 is 19.9 Å². The lowest BCUT2D eigenvalue weighted by atomic mass is 10.00. The Bertz CT molecular complexity index is 1360. The maximum absolute atomic E-state index is 14.7. The lowest BCUT2D eigenvalue weighted by Crippen LogP contribution is -2.51. The van der Waals surface area contributed by atoms with Gasteiger partial charge in [0.2, 0.25) is 11.8 Å². The van der Waals surface area contributed by atoms with Crippen molar-refractivity contribution in [1.29, 1.82) is 0 Å². The van der Waals surface area contributed by atoms with Crippen molar-refractivity contribution in [3.05, 3.63) is 72.3 Å². The molecule has 0 saturated carbocycles. The minimum absolute atomic E-state index is 0.0330. The van der Waals surface area contributed by atoms with Gasteiger partial charge in [0.05, 0.1) is 6.42 Å². The van der Waals surface area contributed by atoms with E-state index in [9.17, 15) is 18.8 Å². The quantitative estimate of drug-likeness (QED) is 0.408. The number of piperidine rings is 1. The number of ether oxygens (including phenoxy) is 1. The number of aromatic nitrogens is 2. The highest BCUT2D eigenvalue weighted by Crippen LogP contribution is 2.27. The molecular weight excluding hydrogens is 517 g/mol. The van der Waals surface area contributed by atoms with E-state index >= 15 is 0 Å². The molecule has 2 aromatic carbocycles. The second kappa shape index (κ2) is 12.5. The number of urea groups is 2. The monoisotopic (exact) mass is 547 g/mol. The molecule has 2 aliphatic rings. The molecule has 0 atom stereocenters. The van der Waals surface area contributed by atoms with Gasteiger partial charge in [-0.05, 0) is 50.0 Å². The Balaban J connectivity index is 1.11. The molecule has 12 heteroatoms. The molecule has 0 bridgehead atoms. The minimum Gasteiger partial charge on any atom is -0.436 e. The number of carbonyl (C=O) groups excluding carboxylic acids is 3. The van der Waals surface area contributed by atoms with E-state index in [1.165, 1.54) is 30.9 Å². The topological polar surface area (TPSA) is 129 Å². The van der Waals surface area contributed by atoms with E-state index in [0.717, 1.165) is 37.6 Å². The van der Waals surface area contributed by atoms with Gasteiger partial charge in [-0.15, -0.1) is 0 Å². The van der Waals surface area contributed by atoms with Gasteiger partial charge in [-0.2, -0.15) is 0 Å². The van der Waals surface area contributed by atoms with Crippen LogP contribution in [-0.4, -0.2) is 70.0 Å². The number of nitrogens with one attached hydrogen (secondary N) is 3. The van der Waals surface area contributed by atoms with Gasteiger partial charge in [-0.25, -0.2) is 23.9 Å². The molecule has 3 heterocycles. The molecular formula is C28H30FN7O4. The smallest absolute Gasteiger partial charge is 0.325 e. The number of benzene rings is 2. The summed E-state index contributed by atoms with van der Waals surface area (Å²) in [5.41, 5.74) is 0.887. The first-order valence-electron chi connectivity index (χ1n) is 13.2. The molecule has 208 valence electrons. The van der Waals surface area contributed by atoms with E-state index in [-0.39, 0.29) is 35.6 Å². The maximum atomic E-state index is 14.7. The summed E-state index contributed by atoms with van der Waals surface area (Å²) < 4.78 is 20.3. The Morgan fingerprint density at radius 3 is 2.42 bits per heavy atom. The fourth-order valence-electron chi connectivity index (χ4n) is 4.68. The fraction of sp³-hybridized carbons (Fsp3) is 0.321. The van der Waals surface area contributed by atoms with E-state index in [2.05, 4.69) is 30.8 Å². The summed E-state index contributed by atoms with van der Waals surface area (Å²) in [6, 6.07) is 13.7. The summed E-state index contributed by atoms with van der Waals surface area (Å²) in [6.45, 7) is 3.64. The van der Waals surface area contributed by atoms with Crippen molar-refractivity contribution in [1.82, 2.24) is 25.1 Å². The van der Waals surface area contributed by atoms with Crippen LogP contribution in [0.15, 0.2) is 60.9 Å². The highest BCUT2D eigenvalue weighted by atomic mass is 19.1. The van der Waals surface area contributed by atoms with Crippen LogP contribution in [0.25, 0.3) is 0 Å². The highest BCUT2D eigenvalue weighted by molar-refractivity contribution is 6.01. The molecule has 2 fully saturated rings. The molecule has 0 aliphatic carbocycles. The van der Waals surface area contributed by atoms with Crippen LogP contribution in [0.3, 0.4) is 0 Å². The first-order chi connectivity index (χ1) is 19.4. The van der Waals surface area contributed by atoms with Gasteiger partial charge in [-0.1, -0.05) is 30.3 Å². The number of imide groups is 1. The number of likely N-dealkylation sites (tertiary alicyclic amines) is 2. The number of hydrogen-bond donors (Lipinski definition) is 3. The summed E-state index contributed by atoms with van der Waals surface area (Å²) >= 11 is 0. The number of anilines is 2. The second-order valence-electron chi connectivity index (χ2n) is 9.69. The molecule has 3 aromatic rings. The summed E-state index contributed by atoms with van der Waals surface area (Å²) in [5.74, 6) is -1.13. The summed E-state index contributed by atoms with van der Waals surface area (Å²) in [6.07, 6.45) is 4.39. The van der Waals surface area contributed by atoms with Crippen molar-refractivity contribution in [3.63, 3.8) is 0 Å². The first-order valence-corrected chi connectivity index (χ1v) is 13.2. The van der Waals surface area contributed by atoms with Gasteiger partial charge in [0, 0.05) is 37.0 Å². The third-order valence-corrected chi connectivity index (χ3v) is 6.90. The van der Waals surface area contributed by atoms with E-state index in [4.69, 9.17) is 4.74 Å². The van der Waals surface area contributed by atoms with E-state index in [0.29, 0.717) is 19.1 Å². The number of halogens is 1. The van der Waals surface area contributed by atoms with Crippen molar-refractivity contribution in [2.75, 3.05) is 36.8 Å². The molecule has 5 rings (SSSR count). The number of amides is 5.